The molecule has 0 N–H and O–H groups in total. The number of nitriles is 2. The summed E-state index contributed by atoms with van der Waals surface area (Å²) in [7, 11) is 0. The number of rotatable bonds is 5. The molecule has 1 aromatic rings. The number of hydrogen-bond donors (Lipinski definition) is 0. The minimum Gasteiger partial charge on any atom is -0.386 e. The van der Waals surface area contributed by atoms with Gasteiger partial charge in [-0.15, -0.1) is 10.5 Å². The third-order valence-electron chi connectivity index (χ3n) is 2.71. The second-order valence-corrected chi connectivity index (χ2v) is 5.43. The molecule has 0 amide bonds. The Morgan fingerprint density at radius 1 is 1.05 bits per heavy atom. The molecule has 0 heterocycles. The zero-order valence-electron chi connectivity index (χ0n) is 11.4. The maximum Gasteiger partial charge on any atom is 0.300 e. The first-order chi connectivity index (χ1) is 9.02. The molecule has 19 heavy (non-hydrogen) atoms. The second kappa shape index (κ2) is 6.92. The van der Waals surface area contributed by atoms with Crippen molar-refractivity contribution in [2.45, 2.75) is 44.4 Å². The predicted octanol–water partition coefficient (Wildman–Crippen LogP) is 4.30. The fourth-order valence-electron chi connectivity index (χ4n) is 1.97. The van der Waals surface area contributed by atoms with Gasteiger partial charge in [-0.3, -0.25) is 0 Å². The van der Waals surface area contributed by atoms with Crippen LogP contribution in [0.4, 0.5) is 0 Å². The summed E-state index contributed by atoms with van der Waals surface area (Å²) in [6, 6.07) is 3.81. The number of hydrogen-bond acceptors (Lipinski definition) is 5. The summed E-state index contributed by atoms with van der Waals surface area (Å²) in [5, 5.41) is 17.3. The van der Waals surface area contributed by atoms with Gasteiger partial charge < -0.3 is 8.92 Å². The first kappa shape index (κ1) is 15.2. The van der Waals surface area contributed by atoms with Gasteiger partial charge >= 0.3 is 0 Å². The van der Waals surface area contributed by atoms with Gasteiger partial charge in [0.15, 0.2) is 5.75 Å². The maximum atomic E-state index is 8.82. The Bertz CT molecular complexity index is 527. The van der Waals surface area contributed by atoms with Crippen molar-refractivity contribution in [2.24, 2.45) is 0 Å². The summed E-state index contributed by atoms with van der Waals surface area (Å²) >= 11 is 0.902. The molecule has 1 rings (SSSR count). The highest BCUT2D eigenvalue weighted by Gasteiger charge is 2.20. The molecule has 0 saturated heterocycles. The average molecular weight is 276 g/mol. The zero-order valence-corrected chi connectivity index (χ0v) is 12.2. The van der Waals surface area contributed by atoms with E-state index in [1.54, 1.807) is 12.5 Å². The monoisotopic (exact) mass is 276 g/mol. The first-order valence-corrected chi connectivity index (χ1v) is 6.72. The van der Waals surface area contributed by atoms with Crippen molar-refractivity contribution < 1.29 is 8.92 Å². The van der Waals surface area contributed by atoms with Gasteiger partial charge in [0.05, 0.1) is 4.90 Å². The van der Waals surface area contributed by atoms with Crippen molar-refractivity contribution in [3.8, 4) is 18.3 Å². The molecule has 0 aliphatic heterocycles. The zero-order chi connectivity index (χ0) is 14.4. The lowest BCUT2D eigenvalue weighted by molar-refractivity contribution is 0.478. The molecule has 0 aromatic heterocycles. The molecule has 0 saturated carbocycles. The largest absolute Gasteiger partial charge is 0.386 e. The van der Waals surface area contributed by atoms with Crippen LogP contribution in [-0.2, 0) is 4.18 Å². The molecule has 4 nitrogen and oxygen atoms in total. The van der Waals surface area contributed by atoms with E-state index in [1.807, 2.05) is 26.0 Å². The van der Waals surface area contributed by atoms with E-state index in [9.17, 15) is 0 Å². The second-order valence-electron chi connectivity index (χ2n) is 4.66. The lowest BCUT2D eigenvalue weighted by atomic mass is 9.90. The molecule has 0 aliphatic carbocycles. The van der Waals surface area contributed by atoms with Gasteiger partial charge in [-0.25, -0.2) is 0 Å². The van der Waals surface area contributed by atoms with Crippen LogP contribution in [0.25, 0.3) is 0 Å². The summed E-state index contributed by atoms with van der Waals surface area (Å²) in [5.74, 6) is 1.03. The highest BCUT2D eigenvalue weighted by Crippen LogP contribution is 2.41. The van der Waals surface area contributed by atoms with Gasteiger partial charge in [-0.2, -0.15) is 0 Å². The molecule has 100 valence electrons. The van der Waals surface area contributed by atoms with E-state index in [2.05, 4.69) is 18.0 Å². The van der Waals surface area contributed by atoms with E-state index >= 15 is 0 Å². The Labute approximate surface area is 118 Å². The van der Waals surface area contributed by atoms with Crippen molar-refractivity contribution in [1.82, 2.24) is 0 Å². The third kappa shape index (κ3) is 3.56. The van der Waals surface area contributed by atoms with Gasteiger partial charge in [0.25, 0.3) is 12.5 Å². The Kier molecular flexibility index (Phi) is 5.54. The minimum atomic E-state index is 0.211. The van der Waals surface area contributed by atoms with Crippen molar-refractivity contribution in [2.75, 3.05) is 0 Å². The van der Waals surface area contributed by atoms with E-state index < -0.39 is 0 Å². The van der Waals surface area contributed by atoms with E-state index in [1.165, 1.54) is 0 Å². The highest BCUT2D eigenvalue weighted by atomic mass is 32.2. The van der Waals surface area contributed by atoms with Gasteiger partial charge in [-0.1, -0.05) is 33.8 Å². The van der Waals surface area contributed by atoms with Crippen LogP contribution in [0.1, 0.15) is 50.7 Å². The molecule has 5 heteroatoms. The first-order valence-electron chi connectivity index (χ1n) is 5.98. The molecule has 0 spiro atoms. The van der Waals surface area contributed by atoms with Crippen molar-refractivity contribution >= 4 is 12.0 Å². The lowest BCUT2D eigenvalue weighted by Crippen LogP contribution is -2.03. The maximum absolute atomic E-state index is 8.82. The van der Waals surface area contributed by atoms with Crippen LogP contribution in [0, 0.1) is 23.0 Å². The Morgan fingerprint density at radius 2 is 1.74 bits per heavy atom. The molecule has 0 unspecified atom stereocenters. The summed E-state index contributed by atoms with van der Waals surface area (Å²) in [6.07, 6.45) is 3.31. The van der Waals surface area contributed by atoms with Crippen LogP contribution in [0.5, 0.6) is 5.75 Å². The van der Waals surface area contributed by atoms with Crippen LogP contribution in [0.2, 0.25) is 0 Å². The topological polar surface area (TPSA) is 66.0 Å². The van der Waals surface area contributed by atoms with Crippen LogP contribution in [-0.4, -0.2) is 0 Å². The Balaban J connectivity index is 3.41. The molecule has 0 aliphatic rings. The van der Waals surface area contributed by atoms with Gasteiger partial charge in [-0.05, 0) is 23.5 Å². The highest BCUT2D eigenvalue weighted by molar-refractivity contribution is 7.94. The normalized spacial score (nSPS) is 10.1. The minimum absolute atomic E-state index is 0.211. The number of nitrogens with zero attached hydrogens (tertiary/aromatic N) is 2. The lowest BCUT2D eigenvalue weighted by Gasteiger charge is -2.19. The molecule has 0 fully saturated rings. The van der Waals surface area contributed by atoms with Crippen molar-refractivity contribution in [1.29, 1.82) is 10.5 Å². The molecule has 0 bridgehead atoms. The van der Waals surface area contributed by atoms with Gasteiger partial charge in [0.1, 0.15) is 12.0 Å². The fourth-order valence-corrected chi connectivity index (χ4v) is 2.45. The standard InChI is InChI=1S/C14H16N2O2S/c1-9(2)11-5-6-12(19-18-8-16)14(17-7-15)13(11)10(3)4/h5-6,9-10H,1-4H3. The smallest absolute Gasteiger partial charge is 0.300 e. The van der Waals surface area contributed by atoms with Crippen LogP contribution >= 0.6 is 12.0 Å². The predicted molar refractivity (Wildman–Crippen MR) is 73.4 cm³/mol. The molecule has 0 radical (unpaired) electrons. The van der Waals surface area contributed by atoms with E-state index in [0.29, 0.717) is 16.6 Å². The Hall–Kier alpha value is -1.85. The van der Waals surface area contributed by atoms with Crippen LogP contribution < -0.4 is 4.74 Å². The summed E-state index contributed by atoms with van der Waals surface area (Å²) in [6.45, 7) is 8.28. The van der Waals surface area contributed by atoms with E-state index in [4.69, 9.17) is 15.3 Å². The summed E-state index contributed by atoms with van der Waals surface area (Å²) in [4.78, 5) is 0.635. The molecular formula is C14H16N2O2S. The van der Waals surface area contributed by atoms with E-state index in [-0.39, 0.29) is 5.92 Å². The van der Waals surface area contributed by atoms with Gasteiger partial charge in [0, 0.05) is 5.56 Å². The van der Waals surface area contributed by atoms with Gasteiger partial charge in [0.2, 0.25) is 0 Å². The Morgan fingerprint density at radius 3 is 2.21 bits per heavy atom. The van der Waals surface area contributed by atoms with E-state index in [0.717, 1.165) is 23.2 Å². The molecule has 0 atom stereocenters. The van der Waals surface area contributed by atoms with Crippen molar-refractivity contribution in [3.05, 3.63) is 23.3 Å². The number of ether oxygens (including phenoxy) is 1. The van der Waals surface area contributed by atoms with Crippen molar-refractivity contribution in [3.63, 3.8) is 0 Å². The summed E-state index contributed by atoms with van der Waals surface area (Å²) in [5.41, 5.74) is 2.13. The molecular weight excluding hydrogens is 260 g/mol. The SMILES string of the molecule is CC(C)c1ccc(SOC#N)c(OC#N)c1C(C)C. The quantitative estimate of drug-likeness (QED) is 0.592. The molecule has 1 aromatic carbocycles. The van der Waals surface area contributed by atoms with Crippen LogP contribution in [0.15, 0.2) is 17.0 Å². The number of benzene rings is 1. The third-order valence-corrected chi connectivity index (χ3v) is 3.37. The average Bonchev–Trinajstić information content (AvgIpc) is 2.36. The summed E-state index contributed by atoms with van der Waals surface area (Å²) < 4.78 is 9.79. The van der Waals surface area contributed by atoms with Crippen LogP contribution in [0.3, 0.4) is 0 Å². The fraction of sp³-hybridized carbons (Fsp3) is 0.429.